The van der Waals surface area contributed by atoms with E-state index < -0.39 is 10.0 Å². The molecule has 7 nitrogen and oxygen atoms in total. The molecule has 0 saturated heterocycles. The third kappa shape index (κ3) is 7.83. The lowest BCUT2D eigenvalue weighted by atomic mass is 10.2. The molecule has 2 rings (SSSR count). The average Bonchev–Trinajstić information content (AvgIpc) is 2.96. The highest BCUT2D eigenvalue weighted by molar-refractivity contribution is 14.0. The van der Waals surface area contributed by atoms with Gasteiger partial charge in [-0.05, 0) is 51.8 Å². The van der Waals surface area contributed by atoms with Crippen molar-refractivity contribution in [2.75, 3.05) is 19.6 Å². The minimum atomic E-state index is -3.54. The topological polar surface area (TPSA) is 95.5 Å². The van der Waals surface area contributed by atoms with Gasteiger partial charge in [0.25, 0.3) is 0 Å². The Hall–Kier alpha value is -1.24. The third-order valence-electron chi connectivity index (χ3n) is 4.13. The van der Waals surface area contributed by atoms with Gasteiger partial charge in [-0.3, -0.25) is 0 Å². The molecule has 1 aromatic heterocycles. The number of halogens is 1. The van der Waals surface area contributed by atoms with Crippen molar-refractivity contribution in [3.05, 3.63) is 44.9 Å². The Balaban J connectivity index is 0.00000420. The number of hydrogen-bond acceptors (Lipinski definition) is 5. The highest BCUT2D eigenvalue weighted by Gasteiger charge is 2.16. The highest BCUT2D eigenvalue weighted by atomic mass is 127. The van der Waals surface area contributed by atoms with Gasteiger partial charge in [0.2, 0.25) is 10.0 Å². The van der Waals surface area contributed by atoms with E-state index in [2.05, 4.69) is 25.3 Å². The Labute approximate surface area is 194 Å². The number of thiazole rings is 1. The summed E-state index contributed by atoms with van der Waals surface area (Å²) in [6, 6.07) is 5.41. The van der Waals surface area contributed by atoms with E-state index >= 15 is 0 Å². The molecular weight excluding hydrogens is 521 g/mol. The number of rotatable bonds is 8. The van der Waals surface area contributed by atoms with Gasteiger partial charge in [0, 0.05) is 24.5 Å². The first-order valence-corrected chi connectivity index (χ1v) is 11.5. The molecule has 3 N–H and O–H groups in total. The Morgan fingerprint density at radius 3 is 2.48 bits per heavy atom. The number of aliphatic imine (C=N–C) groups is 1. The molecule has 10 heteroatoms. The molecule has 0 atom stereocenters. The summed E-state index contributed by atoms with van der Waals surface area (Å²) in [7, 11) is -3.54. The molecule has 0 aliphatic carbocycles. The van der Waals surface area contributed by atoms with Crippen LogP contribution in [0.3, 0.4) is 0 Å². The Morgan fingerprint density at radius 2 is 1.86 bits per heavy atom. The van der Waals surface area contributed by atoms with E-state index in [4.69, 9.17) is 0 Å². The predicted octanol–water partition coefficient (Wildman–Crippen LogP) is 3.03. The lowest BCUT2D eigenvalue weighted by molar-refractivity contribution is 0.580. The second-order valence-corrected chi connectivity index (χ2v) is 9.56. The van der Waals surface area contributed by atoms with Gasteiger partial charge >= 0.3 is 0 Å². The smallest absolute Gasteiger partial charge is 0.240 e. The highest BCUT2D eigenvalue weighted by Crippen LogP contribution is 2.17. The predicted molar refractivity (Wildman–Crippen MR) is 131 cm³/mol. The first-order valence-electron chi connectivity index (χ1n) is 9.25. The summed E-state index contributed by atoms with van der Waals surface area (Å²) in [5, 5.41) is 7.27. The Kier molecular flexibility index (Phi) is 10.5. The molecule has 0 bridgehead atoms. The monoisotopic (exact) mass is 551 g/mol. The fourth-order valence-corrected chi connectivity index (χ4v) is 4.75. The maximum absolute atomic E-state index is 12.5. The van der Waals surface area contributed by atoms with Crippen molar-refractivity contribution in [2.45, 2.75) is 46.1 Å². The van der Waals surface area contributed by atoms with Crippen LogP contribution in [-0.2, 0) is 16.6 Å². The van der Waals surface area contributed by atoms with Crippen LogP contribution in [0.5, 0.6) is 0 Å². The van der Waals surface area contributed by atoms with Gasteiger partial charge in [-0.1, -0.05) is 12.1 Å². The summed E-state index contributed by atoms with van der Waals surface area (Å²) in [4.78, 5) is 10.5. The Bertz CT molecular complexity index is 923. The molecule has 162 valence electrons. The lowest BCUT2D eigenvalue weighted by Crippen LogP contribution is -2.41. The van der Waals surface area contributed by atoms with Crippen molar-refractivity contribution < 1.29 is 8.42 Å². The zero-order valence-electron chi connectivity index (χ0n) is 17.5. The normalized spacial score (nSPS) is 11.8. The molecule has 0 saturated carbocycles. The molecule has 0 unspecified atom stereocenters. The second kappa shape index (κ2) is 11.8. The standard InChI is InChI=1S/C19H29N5O2S2.HI/c1-6-20-19(22-12-18-24-15(4)16(5)27-18)21-9-10-23-28(25,26)17-11-13(2)7-8-14(17)3;/h7-8,11,23H,6,9-10,12H2,1-5H3,(H2,20,21,22);1H. The zero-order chi connectivity index (χ0) is 20.7. The van der Waals surface area contributed by atoms with Crippen molar-refractivity contribution >= 4 is 51.3 Å². The number of nitrogens with one attached hydrogen (secondary N) is 3. The Morgan fingerprint density at radius 1 is 1.14 bits per heavy atom. The van der Waals surface area contributed by atoms with Gasteiger partial charge in [0.05, 0.1) is 17.1 Å². The van der Waals surface area contributed by atoms with Crippen LogP contribution in [0, 0.1) is 27.7 Å². The van der Waals surface area contributed by atoms with E-state index in [1.807, 2.05) is 39.8 Å². The van der Waals surface area contributed by atoms with Gasteiger partial charge in [0.1, 0.15) is 5.01 Å². The van der Waals surface area contributed by atoms with Crippen LogP contribution in [0.25, 0.3) is 0 Å². The van der Waals surface area contributed by atoms with Gasteiger partial charge in [0.15, 0.2) is 5.96 Å². The molecule has 0 radical (unpaired) electrons. The first-order chi connectivity index (χ1) is 13.2. The van der Waals surface area contributed by atoms with Crippen LogP contribution < -0.4 is 15.4 Å². The lowest BCUT2D eigenvalue weighted by Gasteiger charge is -2.13. The third-order valence-corrected chi connectivity index (χ3v) is 6.79. The van der Waals surface area contributed by atoms with Crippen LogP contribution in [0.15, 0.2) is 28.1 Å². The zero-order valence-corrected chi connectivity index (χ0v) is 21.5. The van der Waals surface area contributed by atoms with Gasteiger partial charge in [-0.15, -0.1) is 35.3 Å². The largest absolute Gasteiger partial charge is 0.357 e. The van der Waals surface area contributed by atoms with Crippen LogP contribution >= 0.6 is 35.3 Å². The molecular formula is C19H30IN5O2S2. The quantitative estimate of drug-likeness (QED) is 0.203. The molecule has 1 heterocycles. The van der Waals surface area contributed by atoms with Crippen molar-refractivity contribution in [1.82, 2.24) is 20.3 Å². The van der Waals surface area contributed by atoms with Crippen LogP contribution in [0.4, 0.5) is 0 Å². The molecule has 0 aliphatic rings. The average molecular weight is 552 g/mol. The SMILES string of the molecule is CCNC(=NCc1nc(C)c(C)s1)NCCNS(=O)(=O)c1cc(C)ccc1C.I. The van der Waals surface area contributed by atoms with E-state index in [1.165, 1.54) is 4.88 Å². The van der Waals surface area contributed by atoms with E-state index in [1.54, 1.807) is 24.3 Å². The molecule has 29 heavy (non-hydrogen) atoms. The summed E-state index contributed by atoms with van der Waals surface area (Å²) in [5.41, 5.74) is 2.68. The van der Waals surface area contributed by atoms with Gasteiger partial charge in [-0.2, -0.15) is 0 Å². The maximum atomic E-state index is 12.5. The minimum Gasteiger partial charge on any atom is -0.357 e. The van der Waals surface area contributed by atoms with Crippen molar-refractivity contribution in [2.24, 2.45) is 4.99 Å². The number of guanidine groups is 1. The number of aryl methyl sites for hydroxylation is 4. The number of nitrogens with zero attached hydrogens (tertiary/aromatic N) is 2. The maximum Gasteiger partial charge on any atom is 0.240 e. The summed E-state index contributed by atoms with van der Waals surface area (Å²) >= 11 is 1.64. The van der Waals surface area contributed by atoms with Crippen LogP contribution in [-0.4, -0.2) is 39.0 Å². The first kappa shape index (κ1) is 25.8. The van der Waals surface area contributed by atoms with E-state index in [0.717, 1.165) is 28.4 Å². The number of benzene rings is 1. The van der Waals surface area contributed by atoms with Gasteiger partial charge < -0.3 is 10.6 Å². The van der Waals surface area contributed by atoms with E-state index in [9.17, 15) is 8.42 Å². The molecule has 0 fully saturated rings. The summed E-state index contributed by atoms with van der Waals surface area (Å²) in [5.74, 6) is 0.638. The van der Waals surface area contributed by atoms with Crippen LogP contribution in [0.1, 0.15) is 33.6 Å². The van der Waals surface area contributed by atoms with Crippen molar-refractivity contribution in [1.29, 1.82) is 0 Å². The number of aromatic nitrogens is 1. The molecule has 1 aromatic carbocycles. The summed E-state index contributed by atoms with van der Waals surface area (Å²) in [6.07, 6.45) is 0. The summed E-state index contributed by atoms with van der Waals surface area (Å²) in [6.45, 7) is 11.6. The van der Waals surface area contributed by atoms with Gasteiger partial charge in [-0.25, -0.2) is 23.1 Å². The fourth-order valence-electron chi connectivity index (χ4n) is 2.54. The molecule has 0 spiro atoms. The van der Waals surface area contributed by atoms with Crippen molar-refractivity contribution in [3.63, 3.8) is 0 Å². The fraction of sp³-hybridized carbons (Fsp3) is 0.474. The van der Waals surface area contributed by atoms with Crippen LogP contribution in [0.2, 0.25) is 0 Å². The minimum absolute atomic E-state index is 0. The molecule has 0 amide bonds. The summed E-state index contributed by atoms with van der Waals surface area (Å²) < 4.78 is 27.7. The number of sulfonamides is 1. The van der Waals surface area contributed by atoms with E-state index in [-0.39, 0.29) is 30.5 Å². The molecule has 2 aromatic rings. The second-order valence-electron chi connectivity index (χ2n) is 6.54. The molecule has 0 aliphatic heterocycles. The van der Waals surface area contributed by atoms with E-state index in [0.29, 0.717) is 23.9 Å². The van der Waals surface area contributed by atoms with Crippen molar-refractivity contribution in [3.8, 4) is 0 Å². The number of hydrogen-bond donors (Lipinski definition) is 3.